The SMILES string of the molecule is CC1C(F)=C(F)[C@](C)(Oc2c(C3CCCCC3)cc(C3CCCCC3)cc2C2CCCCC2)C(F)C1F. The Bertz CT molecular complexity index is 932. The first kappa shape index (κ1) is 27.1. The second kappa shape index (κ2) is 11.3. The highest BCUT2D eigenvalue weighted by Crippen LogP contribution is 2.51. The molecule has 5 heteroatoms. The first-order valence-electron chi connectivity index (χ1n) is 15.0. The number of allylic oxidation sites excluding steroid dienone is 1. The van der Waals surface area contributed by atoms with Crippen molar-refractivity contribution in [1.29, 1.82) is 0 Å². The molecule has 5 rings (SSSR count). The number of alkyl halides is 2. The van der Waals surface area contributed by atoms with Crippen LogP contribution in [-0.2, 0) is 0 Å². The monoisotopic (exact) mass is 520 g/mol. The van der Waals surface area contributed by atoms with Crippen LogP contribution in [0.4, 0.5) is 17.6 Å². The molecule has 3 saturated carbocycles. The second-order valence-corrected chi connectivity index (χ2v) is 12.5. The van der Waals surface area contributed by atoms with Crippen molar-refractivity contribution >= 4 is 0 Å². The highest BCUT2D eigenvalue weighted by Gasteiger charge is 2.55. The Labute approximate surface area is 220 Å². The van der Waals surface area contributed by atoms with Gasteiger partial charge in [-0.05, 0) is 79.9 Å². The minimum atomic E-state index is -2.31. The van der Waals surface area contributed by atoms with Gasteiger partial charge < -0.3 is 4.74 Å². The van der Waals surface area contributed by atoms with Gasteiger partial charge in [0.15, 0.2) is 17.6 Å². The minimum absolute atomic E-state index is 0.247. The maximum Gasteiger partial charge on any atom is 0.194 e. The van der Waals surface area contributed by atoms with Crippen LogP contribution in [0.2, 0.25) is 0 Å². The summed E-state index contributed by atoms with van der Waals surface area (Å²) in [5.41, 5.74) is 1.07. The zero-order valence-corrected chi connectivity index (χ0v) is 22.6. The Morgan fingerprint density at radius 3 is 1.59 bits per heavy atom. The topological polar surface area (TPSA) is 9.23 Å². The molecular weight excluding hydrogens is 476 g/mol. The maximum atomic E-state index is 15.6. The van der Waals surface area contributed by atoms with Crippen molar-refractivity contribution < 1.29 is 22.3 Å². The average Bonchev–Trinajstić information content (AvgIpc) is 2.95. The maximum absolute atomic E-state index is 15.6. The van der Waals surface area contributed by atoms with Crippen molar-refractivity contribution in [2.45, 2.75) is 146 Å². The lowest BCUT2D eigenvalue weighted by molar-refractivity contribution is -0.0530. The molecule has 1 nitrogen and oxygen atoms in total. The highest BCUT2D eigenvalue weighted by atomic mass is 19.2. The van der Waals surface area contributed by atoms with E-state index in [1.807, 2.05) is 0 Å². The summed E-state index contributed by atoms with van der Waals surface area (Å²) in [7, 11) is 0. The summed E-state index contributed by atoms with van der Waals surface area (Å²) in [6.45, 7) is 2.40. The quantitative estimate of drug-likeness (QED) is 0.351. The zero-order valence-electron chi connectivity index (χ0n) is 22.6. The lowest BCUT2D eigenvalue weighted by Gasteiger charge is -2.41. The molecule has 0 radical (unpaired) electrons. The van der Waals surface area contributed by atoms with Crippen LogP contribution in [0.15, 0.2) is 23.8 Å². The fourth-order valence-corrected chi connectivity index (χ4v) is 7.49. The van der Waals surface area contributed by atoms with Crippen molar-refractivity contribution in [3.63, 3.8) is 0 Å². The summed E-state index contributed by atoms with van der Waals surface area (Å²) in [6.07, 6.45) is 12.6. The predicted molar refractivity (Wildman–Crippen MR) is 141 cm³/mol. The van der Waals surface area contributed by atoms with Gasteiger partial charge in [-0.2, -0.15) is 0 Å². The van der Waals surface area contributed by atoms with E-state index in [-0.39, 0.29) is 11.8 Å². The van der Waals surface area contributed by atoms with Crippen LogP contribution in [-0.4, -0.2) is 17.9 Å². The molecule has 1 aromatic carbocycles. The van der Waals surface area contributed by atoms with Gasteiger partial charge in [0, 0.05) is 5.92 Å². The molecule has 1 aromatic rings. The third-order valence-electron chi connectivity index (χ3n) is 9.98. The fraction of sp³-hybridized carbons (Fsp3) is 0.750. The molecule has 0 N–H and O–H groups in total. The zero-order chi connectivity index (χ0) is 26.2. The molecule has 37 heavy (non-hydrogen) atoms. The van der Waals surface area contributed by atoms with E-state index >= 15 is 8.78 Å². The molecule has 4 atom stereocenters. The van der Waals surface area contributed by atoms with Crippen molar-refractivity contribution in [2.24, 2.45) is 5.92 Å². The van der Waals surface area contributed by atoms with Gasteiger partial charge in [0.1, 0.15) is 17.7 Å². The number of rotatable bonds is 5. The first-order chi connectivity index (χ1) is 17.8. The van der Waals surface area contributed by atoms with Crippen molar-refractivity contribution in [2.75, 3.05) is 0 Å². The van der Waals surface area contributed by atoms with Crippen LogP contribution in [0, 0.1) is 5.92 Å². The first-order valence-corrected chi connectivity index (χ1v) is 15.0. The van der Waals surface area contributed by atoms with Crippen molar-refractivity contribution in [3.05, 3.63) is 40.5 Å². The summed E-state index contributed by atoms with van der Waals surface area (Å²) >= 11 is 0. The van der Waals surface area contributed by atoms with Gasteiger partial charge in [-0.25, -0.2) is 17.6 Å². The summed E-state index contributed by atoms with van der Waals surface area (Å²) in [5.74, 6) is -2.45. The summed E-state index contributed by atoms with van der Waals surface area (Å²) in [6, 6.07) is 4.50. The largest absolute Gasteiger partial charge is 0.477 e. The molecule has 0 bridgehead atoms. The van der Waals surface area contributed by atoms with E-state index < -0.39 is 35.5 Å². The normalized spacial score (nSPS) is 33.1. The van der Waals surface area contributed by atoms with Crippen LogP contribution in [0.1, 0.15) is 145 Å². The Kier molecular flexibility index (Phi) is 8.27. The predicted octanol–water partition coefficient (Wildman–Crippen LogP) is 10.4. The molecule has 206 valence electrons. The summed E-state index contributed by atoms with van der Waals surface area (Å²) in [5, 5.41) is 0. The van der Waals surface area contributed by atoms with Gasteiger partial charge >= 0.3 is 0 Å². The Hall–Kier alpha value is -1.52. The third-order valence-corrected chi connectivity index (χ3v) is 9.98. The van der Waals surface area contributed by atoms with E-state index in [0.717, 1.165) is 62.5 Å². The molecule has 0 aliphatic heterocycles. The molecule has 0 heterocycles. The molecule has 0 amide bonds. The standard InChI is InChI=1S/C32H44F4O/c1-20-27(33)30(35)32(2,31(36)28(20)34)37-29-25(22-14-8-4-9-15-22)18-24(21-12-6-3-7-13-21)19-26(29)23-16-10-5-11-17-23/h18-23,27,30H,3-17H2,1-2H3/t20?,27?,30?,32-/m1/s1. The molecule has 3 fully saturated rings. The third kappa shape index (κ3) is 5.22. The Morgan fingerprint density at radius 2 is 1.14 bits per heavy atom. The average molecular weight is 521 g/mol. The van der Waals surface area contributed by atoms with E-state index in [4.69, 9.17) is 4.74 Å². The van der Waals surface area contributed by atoms with Crippen LogP contribution in [0.3, 0.4) is 0 Å². The molecule has 4 aliphatic carbocycles. The lowest BCUT2D eigenvalue weighted by atomic mass is 9.75. The van der Waals surface area contributed by atoms with Gasteiger partial charge in [0.2, 0.25) is 0 Å². The second-order valence-electron chi connectivity index (χ2n) is 12.5. The number of hydrogen-bond acceptors (Lipinski definition) is 1. The highest BCUT2D eigenvalue weighted by molar-refractivity contribution is 5.51. The van der Waals surface area contributed by atoms with Gasteiger partial charge in [0.25, 0.3) is 0 Å². The Balaban J connectivity index is 1.65. The van der Waals surface area contributed by atoms with Gasteiger partial charge in [-0.3, -0.25) is 0 Å². The van der Waals surface area contributed by atoms with Crippen LogP contribution < -0.4 is 4.74 Å². The summed E-state index contributed by atoms with van der Waals surface area (Å²) in [4.78, 5) is 0. The molecule has 3 unspecified atom stereocenters. The number of hydrogen-bond donors (Lipinski definition) is 0. The van der Waals surface area contributed by atoms with E-state index in [2.05, 4.69) is 12.1 Å². The molecule has 4 aliphatic rings. The van der Waals surface area contributed by atoms with E-state index in [9.17, 15) is 8.78 Å². The van der Waals surface area contributed by atoms with Crippen LogP contribution in [0.25, 0.3) is 0 Å². The minimum Gasteiger partial charge on any atom is -0.477 e. The van der Waals surface area contributed by atoms with E-state index in [0.29, 0.717) is 11.7 Å². The number of benzene rings is 1. The summed E-state index contributed by atoms with van der Waals surface area (Å²) < 4.78 is 67.2. The Morgan fingerprint density at radius 1 is 0.703 bits per heavy atom. The van der Waals surface area contributed by atoms with Gasteiger partial charge in [-0.1, -0.05) is 76.8 Å². The van der Waals surface area contributed by atoms with Gasteiger partial charge in [0.05, 0.1) is 0 Å². The number of ether oxygens (including phenoxy) is 1. The van der Waals surface area contributed by atoms with E-state index in [1.165, 1.54) is 64.4 Å². The van der Waals surface area contributed by atoms with E-state index in [1.54, 1.807) is 0 Å². The molecule has 0 spiro atoms. The fourth-order valence-electron chi connectivity index (χ4n) is 7.49. The lowest BCUT2D eigenvalue weighted by Crippen LogP contribution is -2.53. The van der Waals surface area contributed by atoms with Crippen LogP contribution in [0.5, 0.6) is 5.75 Å². The van der Waals surface area contributed by atoms with Crippen molar-refractivity contribution in [1.82, 2.24) is 0 Å². The number of halogens is 4. The molecule has 0 aromatic heterocycles. The van der Waals surface area contributed by atoms with Crippen LogP contribution >= 0.6 is 0 Å². The molecular formula is C32H44F4O. The molecule has 0 saturated heterocycles. The van der Waals surface area contributed by atoms with Gasteiger partial charge in [-0.15, -0.1) is 0 Å². The van der Waals surface area contributed by atoms with Crippen molar-refractivity contribution in [3.8, 4) is 5.75 Å². The smallest absolute Gasteiger partial charge is 0.194 e.